The van der Waals surface area contributed by atoms with E-state index in [0.29, 0.717) is 19.5 Å². The molecular formula is C20H24N4O. The van der Waals surface area contributed by atoms with Crippen LogP contribution in [0.25, 0.3) is 0 Å². The minimum atomic E-state index is 0.163. The van der Waals surface area contributed by atoms with Crippen LogP contribution in [0.3, 0.4) is 0 Å². The van der Waals surface area contributed by atoms with Gasteiger partial charge in [-0.25, -0.2) is 0 Å². The fraction of sp³-hybridized carbons (Fsp3) is 0.300. The summed E-state index contributed by atoms with van der Waals surface area (Å²) in [6, 6.07) is 18.3. The van der Waals surface area contributed by atoms with Gasteiger partial charge in [0.05, 0.1) is 6.42 Å². The number of aliphatic imine (C=N–C) groups is 1. The highest BCUT2D eigenvalue weighted by Gasteiger charge is 2.26. The molecule has 1 aliphatic rings. The van der Waals surface area contributed by atoms with Crippen molar-refractivity contribution in [3.05, 3.63) is 65.7 Å². The molecule has 0 saturated carbocycles. The number of carbonyl (C=O) groups is 1. The molecule has 0 radical (unpaired) electrons. The van der Waals surface area contributed by atoms with Gasteiger partial charge in [0.1, 0.15) is 0 Å². The van der Waals surface area contributed by atoms with Crippen LogP contribution in [-0.4, -0.2) is 44.0 Å². The summed E-state index contributed by atoms with van der Waals surface area (Å²) in [7, 11) is 3.79. The van der Waals surface area contributed by atoms with Crippen LogP contribution in [0.4, 0.5) is 5.69 Å². The van der Waals surface area contributed by atoms with Crippen molar-refractivity contribution in [3.8, 4) is 0 Å². The summed E-state index contributed by atoms with van der Waals surface area (Å²) < 4.78 is 0. The minimum absolute atomic E-state index is 0.163. The second-order valence-electron chi connectivity index (χ2n) is 6.17. The maximum absolute atomic E-state index is 12.2. The number of guanidine groups is 1. The lowest BCUT2D eigenvalue weighted by molar-refractivity contribution is -0.117. The molecule has 1 aliphatic heterocycles. The van der Waals surface area contributed by atoms with E-state index in [9.17, 15) is 4.79 Å². The lowest BCUT2D eigenvalue weighted by Gasteiger charge is -2.24. The predicted molar refractivity (Wildman–Crippen MR) is 102 cm³/mol. The van der Waals surface area contributed by atoms with Gasteiger partial charge in [-0.1, -0.05) is 48.5 Å². The van der Waals surface area contributed by atoms with E-state index in [1.165, 1.54) is 5.56 Å². The monoisotopic (exact) mass is 336 g/mol. The van der Waals surface area contributed by atoms with Crippen LogP contribution in [0.1, 0.15) is 11.1 Å². The lowest BCUT2D eigenvalue weighted by atomic mass is 10.2. The molecule has 0 fully saturated rings. The predicted octanol–water partition coefficient (Wildman–Crippen LogP) is 2.28. The molecule has 0 aliphatic carbocycles. The number of para-hydroxylation sites is 1. The van der Waals surface area contributed by atoms with Crippen molar-refractivity contribution < 1.29 is 4.79 Å². The normalized spacial score (nSPS) is 13.8. The number of nitrogens with zero attached hydrogens (tertiary/aromatic N) is 3. The SMILES string of the molecule is CN=C(NCCN1C(=O)Cc2ccccc21)N(C)Cc1ccccc1. The Bertz CT molecular complexity index is 757. The first kappa shape index (κ1) is 17.0. The van der Waals surface area contributed by atoms with Crippen LogP contribution >= 0.6 is 0 Å². The van der Waals surface area contributed by atoms with E-state index >= 15 is 0 Å². The first-order valence-corrected chi connectivity index (χ1v) is 8.53. The molecule has 2 aromatic rings. The molecule has 1 N–H and O–H groups in total. The van der Waals surface area contributed by atoms with Gasteiger partial charge in [-0.3, -0.25) is 9.79 Å². The minimum Gasteiger partial charge on any atom is -0.354 e. The lowest BCUT2D eigenvalue weighted by Crippen LogP contribution is -2.42. The molecule has 3 rings (SSSR count). The van der Waals surface area contributed by atoms with Gasteiger partial charge in [-0.2, -0.15) is 0 Å². The van der Waals surface area contributed by atoms with Crippen molar-refractivity contribution in [2.45, 2.75) is 13.0 Å². The first-order valence-electron chi connectivity index (χ1n) is 8.53. The Morgan fingerprint density at radius 2 is 1.88 bits per heavy atom. The fourth-order valence-electron chi connectivity index (χ4n) is 3.16. The van der Waals surface area contributed by atoms with Crippen molar-refractivity contribution in [1.82, 2.24) is 10.2 Å². The number of benzene rings is 2. The third-order valence-electron chi connectivity index (χ3n) is 4.38. The Morgan fingerprint density at radius 3 is 2.64 bits per heavy atom. The second kappa shape index (κ2) is 7.83. The number of anilines is 1. The maximum Gasteiger partial charge on any atom is 0.231 e. The fourth-order valence-corrected chi connectivity index (χ4v) is 3.16. The first-order chi connectivity index (χ1) is 12.2. The molecule has 5 heteroatoms. The van der Waals surface area contributed by atoms with Gasteiger partial charge in [0, 0.05) is 39.4 Å². The number of fused-ring (bicyclic) bond motifs is 1. The molecule has 25 heavy (non-hydrogen) atoms. The molecule has 0 atom stereocenters. The van der Waals surface area contributed by atoms with Crippen LogP contribution in [0.5, 0.6) is 0 Å². The third kappa shape index (κ3) is 3.99. The van der Waals surface area contributed by atoms with Crippen LogP contribution in [-0.2, 0) is 17.8 Å². The Hall–Kier alpha value is -2.82. The summed E-state index contributed by atoms with van der Waals surface area (Å²) in [4.78, 5) is 20.5. The summed E-state index contributed by atoms with van der Waals surface area (Å²) in [5.74, 6) is 0.986. The van der Waals surface area contributed by atoms with Crippen LogP contribution in [0.2, 0.25) is 0 Å². The van der Waals surface area contributed by atoms with E-state index in [1.54, 1.807) is 7.05 Å². The van der Waals surface area contributed by atoms with E-state index in [1.807, 2.05) is 54.4 Å². The molecule has 1 amide bonds. The van der Waals surface area contributed by atoms with Gasteiger partial charge in [0.15, 0.2) is 5.96 Å². The number of nitrogens with one attached hydrogen (secondary N) is 1. The molecule has 5 nitrogen and oxygen atoms in total. The maximum atomic E-state index is 12.2. The number of amides is 1. The van der Waals surface area contributed by atoms with E-state index in [0.717, 1.165) is 23.8 Å². The Balaban J connectivity index is 1.54. The molecule has 0 aromatic heterocycles. The van der Waals surface area contributed by atoms with Gasteiger partial charge in [-0.15, -0.1) is 0 Å². The van der Waals surface area contributed by atoms with Gasteiger partial charge in [-0.05, 0) is 17.2 Å². The number of hydrogen-bond acceptors (Lipinski definition) is 2. The van der Waals surface area contributed by atoms with Crippen LogP contribution in [0.15, 0.2) is 59.6 Å². The van der Waals surface area contributed by atoms with Gasteiger partial charge in [0.25, 0.3) is 0 Å². The van der Waals surface area contributed by atoms with Crippen molar-refractivity contribution in [3.63, 3.8) is 0 Å². The Kier molecular flexibility index (Phi) is 5.33. The topological polar surface area (TPSA) is 47.9 Å². The molecule has 1 heterocycles. The van der Waals surface area contributed by atoms with Gasteiger partial charge >= 0.3 is 0 Å². The summed E-state index contributed by atoms with van der Waals surface area (Å²) >= 11 is 0. The van der Waals surface area contributed by atoms with E-state index in [4.69, 9.17) is 0 Å². The summed E-state index contributed by atoms with van der Waals surface area (Å²) in [6.07, 6.45) is 0.499. The highest BCUT2D eigenvalue weighted by atomic mass is 16.2. The van der Waals surface area contributed by atoms with E-state index in [2.05, 4.69) is 27.3 Å². The molecule has 2 aromatic carbocycles. The zero-order chi connectivity index (χ0) is 17.6. The van der Waals surface area contributed by atoms with Gasteiger partial charge in [0.2, 0.25) is 5.91 Å². The van der Waals surface area contributed by atoms with Gasteiger partial charge < -0.3 is 15.1 Å². The van der Waals surface area contributed by atoms with E-state index < -0.39 is 0 Å². The molecule has 0 spiro atoms. The zero-order valence-electron chi connectivity index (χ0n) is 14.8. The molecule has 0 saturated heterocycles. The van der Waals surface area contributed by atoms with Crippen molar-refractivity contribution in [2.24, 2.45) is 4.99 Å². The third-order valence-corrected chi connectivity index (χ3v) is 4.38. The quantitative estimate of drug-likeness (QED) is 0.673. The van der Waals surface area contributed by atoms with Crippen molar-refractivity contribution >= 4 is 17.6 Å². The van der Waals surface area contributed by atoms with Crippen molar-refractivity contribution in [1.29, 1.82) is 0 Å². The van der Waals surface area contributed by atoms with E-state index in [-0.39, 0.29) is 5.91 Å². The zero-order valence-corrected chi connectivity index (χ0v) is 14.8. The Morgan fingerprint density at radius 1 is 1.16 bits per heavy atom. The molecule has 0 unspecified atom stereocenters. The number of carbonyl (C=O) groups excluding carboxylic acids is 1. The number of hydrogen-bond donors (Lipinski definition) is 1. The molecular weight excluding hydrogens is 312 g/mol. The summed E-state index contributed by atoms with van der Waals surface area (Å²) in [5.41, 5.74) is 3.37. The standard InChI is InChI=1S/C20H24N4O/c1-21-20(23(2)15-16-8-4-3-5-9-16)22-12-13-24-18-11-7-6-10-17(18)14-19(24)25/h3-11H,12-15H2,1-2H3,(H,21,22). The smallest absolute Gasteiger partial charge is 0.231 e. The molecule has 0 bridgehead atoms. The van der Waals surface area contributed by atoms with Crippen LogP contribution < -0.4 is 10.2 Å². The summed E-state index contributed by atoms with van der Waals surface area (Å²) in [5, 5.41) is 3.35. The van der Waals surface area contributed by atoms with Crippen LogP contribution in [0, 0.1) is 0 Å². The second-order valence-corrected chi connectivity index (χ2v) is 6.17. The number of rotatable bonds is 5. The summed E-state index contributed by atoms with van der Waals surface area (Å²) in [6.45, 7) is 2.08. The molecule has 130 valence electrons. The van der Waals surface area contributed by atoms with Crippen molar-refractivity contribution in [2.75, 3.05) is 32.1 Å². The Labute approximate surface area is 149 Å². The highest BCUT2D eigenvalue weighted by Crippen LogP contribution is 2.27. The average Bonchev–Trinajstić information content (AvgIpc) is 2.95. The largest absolute Gasteiger partial charge is 0.354 e. The average molecular weight is 336 g/mol. The highest BCUT2D eigenvalue weighted by molar-refractivity contribution is 6.01.